The summed E-state index contributed by atoms with van der Waals surface area (Å²) in [4.78, 5) is -1.78. The van der Waals surface area contributed by atoms with Crippen molar-refractivity contribution in [1.29, 1.82) is 0 Å². The highest BCUT2D eigenvalue weighted by molar-refractivity contribution is 7.91. The van der Waals surface area contributed by atoms with Gasteiger partial charge in [0.15, 0.2) is 9.84 Å². The van der Waals surface area contributed by atoms with Gasteiger partial charge in [0.25, 0.3) is 20.2 Å². The highest BCUT2D eigenvalue weighted by atomic mass is 32.2. The summed E-state index contributed by atoms with van der Waals surface area (Å²) in [5.74, 6) is -0.491. The van der Waals surface area contributed by atoms with Crippen molar-refractivity contribution < 1.29 is 44.6 Å². The van der Waals surface area contributed by atoms with Gasteiger partial charge in [-0.25, -0.2) is 8.42 Å². The van der Waals surface area contributed by atoms with E-state index in [0.29, 0.717) is 0 Å². The molecule has 35 heavy (non-hydrogen) atoms. The number of azo groups is 1. The highest BCUT2D eigenvalue weighted by Crippen LogP contribution is 2.44. The van der Waals surface area contributed by atoms with E-state index >= 15 is 0 Å². The first-order valence-electron chi connectivity index (χ1n) is 9.50. The summed E-state index contributed by atoms with van der Waals surface area (Å²) < 4.78 is 90.1. The Morgan fingerprint density at radius 2 is 1.54 bits per heavy atom. The summed E-state index contributed by atoms with van der Waals surface area (Å²) in [6.07, 6.45) is -0.994. The Balaban J connectivity index is 2.15. The van der Waals surface area contributed by atoms with Crippen LogP contribution in [0.15, 0.2) is 55.3 Å². The van der Waals surface area contributed by atoms with Crippen molar-refractivity contribution in [3.05, 3.63) is 46.4 Å². The number of aliphatic hydroxyl groups excluding tert-OH is 2. The number of rotatable bonds is 7. The third kappa shape index (κ3) is 5.41. The number of fused-ring (bicyclic) bond motifs is 1. The maximum Gasteiger partial charge on any atom is 0.296 e. The third-order valence-electron chi connectivity index (χ3n) is 5.04. The molecule has 0 aliphatic heterocycles. The van der Waals surface area contributed by atoms with Crippen molar-refractivity contribution in [1.82, 2.24) is 0 Å². The zero-order chi connectivity index (χ0) is 26.3. The lowest BCUT2D eigenvalue weighted by Crippen LogP contribution is -2.36. The normalized spacial score (nSPS) is 18.9. The van der Waals surface area contributed by atoms with Crippen molar-refractivity contribution in [3.8, 4) is 0 Å². The molecule has 0 spiro atoms. The molecule has 0 radical (unpaired) electrons. The Hall–Kier alpha value is -2.77. The zero-order valence-corrected chi connectivity index (χ0v) is 20.0. The van der Waals surface area contributed by atoms with E-state index in [1.54, 1.807) is 0 Å². The zero-order valence-electron chi connectivity index (χ0n) is 17.5. The average Bonchev–Trinajstić information content (AvgIpc) is 2.74. The van der Waals surface area contributed by atoms with E-state index in [-0.39, 0.29) is 21.7 Å². The van der Waals surface area contributed by atoms with Gasteiger partial charge in [-0.3, -0.25) is 9.11 Å². The molecule has 0 saturated heterocycles. The van der Waals surface area contributed by atoms with Gasteiger partial charge < -0.3 is 21.7 Å². The Morgan fingerprint density at radius 1 is 0.943 bits per heavy atom. The van der Waals surface area contributed by atoms with Gasteiger partial charge in [0.05, 0.1) is 39.6 Å². The smallest absolute Gasteiger partial charge is 0.296 e. The van der Waals surface area contributed by atoms with E-state index in [9.17, 15) is 39.5 Å². The quantitative estimate of drug-likeness (QED) is 0.155. The van der Waals surface area contributed by atoms with E-state index in [4.69, 9.17) is 16.6 Å². The fraction of sp³-hybridized carbons (Fsp3) is 0.222. The summed E-state index contributed by atoms with van der Waals surface area (Å²) in [7, 11) is -13.6. The fourth-order valence-electron chi connectivity index (χ4n) is 3.35. The Bertz CT molecular complexity index is 1550. The first kappa shape index (κ1) is 26.8. The van der Waals surface area contributed by atoms with Gasteiger partial charge in [-0.15, -0.1) is 5.11 Å². The molecule has 17 heteroatoms. The summed E-state index contributed by atoms with van der Waals surface area (Å²) in [5.41, 5.74) is 10.2. The summed E-state index contributed by atoms with van der Waals surface area (Å²) in [5, 5.41) is 26.9. The molecular weight excluding hydrogens is 528 g/mol. The van der Waals surface area contributed by atoms with E-state index in [1.807, 2.05) is 0 Å². The van der Waals surface area contributed by atoms with Crippen LogP contribution in [0, 0.1) is 0 Å². The van der Waals surface area contributed by atoms with Gasteiger partial charge in [0, 0.05) is 5.56 Å². The lowest BCUT2D eigenvalue weighted by atomic mass is 9.89. The molecule has 1 aliphatic carbocycles. The maximum atomic E-state index is 12.0. The van der Waals surface area contributed by atoms with Gasteiger partial charge in [-0.05, 0) is 42.0 Å². The van der Waals surface area contributed by atoms with Crippen molar-refractivity contribution in [2.75, 3.05) is 18.1 Å². The molecular formula is C18H20N4O10S3. The summed E-state index contributed by atoms with van der Waals surface area (Å²) in [6.45, 7) is -0.573. The third-order valence-corrected chi connectivity index (χ3v) is 8.60. The first-order valence-corrected chi connectivity index (χ1v) is 14.0. The van der Waals surface area contributed by atoms with Crippen molar-refractivity contribution in [2.24, 2.45) is 16.0 Å². The number of nitrogens with two attached hydrogens (primary N) is 2. The monoisotopic (exact) mass is 548 g/mol. The van der Waals surface area contributed by atoms with E-state index in [2.05, 4.69) is 10.2 Å². The van der Waals surface area contributed by atoms with Crippen molar-refractivity contribution in [3.63, 3.8) is 0 Å². The second kappa shape index (κ2) is 9.36. The van der Waals surface area contributed by atoms with Gasteiger partial charge in [-0.2, -0.15) is 21.9 Å². The highest BCUT2D eigenvalue weighted by Gasteiger charge is 2.37. The van der Waals surface area contributed by atoms with Crippen LogP contribution in [0.5, 0.6) is 0 Å². The number of hydrogen-bond acceptors (Lipinski definition) is 12. The Labute approximate surface area is 200 Å². The van der Waals surface area contributed by atoms with E-state index < -0.39 is 75.8 Å². The van der Waals surface area contributed by atoms with Crippen LogP contribution in [0.1, 0.15) is 17.2 Å². The molecule has 0 fully saturated rings. The predicted octanol–water partition coefficient (Wildman–Crippen LogP) is 0.300. The van der Waals surface area contributed by atoms with Gasteiger partial charge in [-0.1, -0.05) is 0 Å². The van der Waals surface area contributed by atoms with E-state index in [0.717, 1.165) is 12.1 Å². The minimum atomic E-state index is -5.00. The minimum absolute atomic E-state index is 0.0529. The van der Waals surface area contributed by atoms with Gasteiger partial charge in [0.1, 0.15) is 16.7 Å². The number of nitrogens with zero attached hydrogens (tertiary/aromatic N) is 2. The standard InChI is InChI=1S/C18H20N4O10S3/c19-15-12(34(27,28)29)7-9-8-13(35(30,31)32)17(16(20)14(9)18(15)24)22-21-10-1-3-11(4-2-10)33(25,26)6-5-23/h1-4,7-8,15,18,23-24H,5-6,19-20H2,(H,27,28,29)(H,30,31,32). The van der Waals surface area contributed by atoms with Gasteiger partial charge >= 0.3 is 0 Å². The minimum Gasteiger partial charge on any atom is -0.397 e. The van der Waals surface area contributed by atoms with Crippen LogP contribution >= 0.6 is 0 Å². The molecule has 0 saturated carbocycles. The number of anilines is 1. The summed E-state index contributed by atoms with van der Waals surface area (Å²) in [6, 6.07) is 3.98. The second-order valence-electron chi connectivity index (χ2n) is 7.34. The number of aliphatic hydroxyl groups is 2. The van der Waals surface area contributed by atoms with Crippen LogP contribution in [-0.4, -0.2) is 63.0 Å². The lowest BCUT2D eigenvalue weighted by Gasteiger charge is -2.28. The molecule has 2 aromatic carbocycles. The number of benzene rings is 2. The molecule has 2 atom stereocenters. The average molecular weight is 549 g/mol. The Kier molecular flexibility index (Phi) is 7.17. The molecule has 14 nitrogen and oxygen atoms in total. The van der Waals surface area contributed by atoms with Crippen molar-refractivity contribution in [2.45, 2.75) is 21.9 Å². The van der Waals surface area contributed by atoms with Crippen LogP contribution in [-0.2, 0) is 30.1 Å². The van der Waals surface area contributed by atoms with Crippen LogP contribution in [0.2, 0.25) is 0 Å². The lowest BCUT2D eigenvalue weighted by molar-refractivity contribution is 0.160. The topological polar surface area (TPSA) is 260 Å². The molecule has 0 aromatic heterocycles. The van der Waals surface area contributed by atoms with Crippen molar-refractivity contribution >= 4 is 53.2 Å². The molecule has 0 heterocycles. The van der Waals surface area contributed by atoms with E-state index in [1.165, 1.54) is 24.3 Å². The Morgan fingerprint density at radius 3 is 2.06 bits per heavy atom. The molecule has 1 aliphatic rings. The predicted molar refractivity (Wildman–Crippen MR) is 123 cm³/mol. The number of hydrogen-bond donors (Lipinski definition) is 6. The molecule has 0 bridgehead atoms. The van der Waals surface area contributed by atoms with Crippen LogP contribution in [0.3, 0.4) is 0 Å². The van der Waals surface area contributed by atoms with Crippen LogP contribution in [0.4, 0.5) is 17.1 Å². The second-order valence-corrected chi connectivity index (χ2v) is 12.3. The number of sulfone groups is 1. The first-order chi connectivity index (χ1) is 16.1. The molecule has 2 unspecified atom stereocenters. The fourth-order valence-corrected chi connectivity index (χ4v) is 5.80. The summed E-state index contributed by atoms with van der Waals surface area (Å²) >= 11 is 0. The molecule has 3 rings (SSSR count). The molecule has 2 aromatic rings. The molecule has 0 amide bonds. The number of nitrogen functional groups attached to an aromatic ring is 1. The molecule has 190 valence electrons. The SMILES string of the molecule is Nc1c(N=Nc2ccc(S(=O)(=O)CCO)cc2)c(S(=O)(=O)O)cc2c1C(O)C(N)C(S(=O)(=O)O)=C2. The van der Waals surface area contributed by atoms with Crippen LogP contribution < -0.4 is 11.5 Å². The molecule has 8 N–H and O–H groups in total. The van der Waals surface area contributed by atoms with Gasteiger partial charge in [0.2, 0.25) is 0 Å². The maximum absolute atomic E-state index is 12.0. The largest absolute Gasteiger partial charge is 0.397 e. The van der Waals surface area contributed by atoms with Crippen LogP contribution in [0.25, 0.3) is 6.08 Å².